The largest absolute Gasteiger partial charge is 0.463 e. The summed E-state index contributed by atoms with van der Waals surface area (Å²) in [5.41, 5.74) is 1.51. The number of aromatic nitrogens is 2. The molecule has 0 saturated heterocycles. The van der Waals surface area contributed by atoms with E-state index in [-0.39, 0.29) is 6.61 Å². The zero-order valence-corrected chi connectivity index (χ0v) is 9.53. The number of nitrogens with zero attached hydrogens (tertiary/aromatic N) is 2. The fourth-order valence-electron chi connectivity index (χ4n) is 1.08. The van der Waals surface area contributed by atoms with Crippen molar-refractivity contribution in [1.29, 1.82) is 0 Å². The third-order valence-corrected chi connectivity index (χ3v) is 2.16. The van der Waals surface area contributed by atoms with E-state index in [1.165, 1.54) is 0 Å². The molecule has 0 unspecified atom stereocenters. The van der Waals surface area contributed by atoms with Gasteiger partial charge in [-0.3, -0.25) is 0 Å². The summed E-state index contributed by atoms with van der Waals surface area (Å²) in [6, 6.07) is 0.394. The van der Waals surface area contributed by atoms with E-state index < -0.39 is 0 Å². The molecule has 4 nitrogen and oxygen atoms in total. The van der Waals surface area contributed by atoms with E-state index in [9.17, 15) is 0 Å². The smallest absolute Gasteiger partial charge is 0.316 e. The van der Waals surface area contributed by atoms with Gasteiger partial charge >= 0.3 is 6.01 Å². The Morgan fingerprint density at radius 1 is 1.47 bits per heavy atom. The quantitative estimate of drug-likeness (QED) is 0.803. The lowest BCUT2D eigenvalue weighted by Crippen LogP contribution is -2.05. The second-order valence-electron chi connectivity index (χ2n) is 3.95. The average molecular weight is 210 g/mol. The summed E-state index contributed by atoms with van der Waals surface area (Å²) in [5.74, 6) is 0.614. The van der Waals surface area contributed by atoms with Gasteiger partial charge in [-0.05, 0) is 19.3 Å². The molecule has 1 N–H and O–H groups in total. The summed E-state index contributed by atoms with van der Waals surface area (Å²) in [6.45, 7) is 6.73. The number of aryl methyl sites for hydroxylation is 1. The van der Waals surface area contributed by atoms with Crippen molar-refractivity contribution in [3.8, 4) is 6.01 Å². The lowest BCUT2D eigenvalue weighted by atomic mass is 10.1. The Bertz CT molecular complexity index is 313. The van der Waals surface area contributed by atoms with Gasteiger partial charge in [-0.1, -0.05) is 13.8 Å². The molecule has 0 saturated carbocycles. The third kappa shape index (κ3) is 3.83. The zero-order chi connectivity index (χ0) is 11.3. The molecule has 1 heterocycles. The molecule has 0 bridgehead atoms. The molecule has 0 radical (unpaired) electrons. The van der Waals surface area contributed by atoms with Gasteiger partial charge < -0.3 is 9.84 Å². The number of aliphatic hydroxyl groups excluding tert-OH is 1. The van der Waals surface area contributed by atoms with Crippen molar-refractivity contribution in [2.75, 3.05) is 6.61 Å². The molecule has 0 aliphatic heterocycles. The fraction of sp³-hybridized carbons (Fsp3) is 0.636. The van der Waals surface area contributed by atoms with E-state index in [4.69, 9.17) is 9.84 Å². The molecule has 1 aromatic heterocycles. The Morgan fingerprint density at radius 2 is 2.20 bits per heavy atom. The first-order valence-electron chi connectivity index (χ1n) is 5.19. The minimum atomic E-state index is -0.0297. The highest BCUT2D eigenvalue weighted by Gasteiger charge is 2.03. The monoisotopic (exact) mass is 210 g/mol. The third-order valence-electron chi connectivity index (χ3n) is 2.16. The molecular formula is C11H18N2O2. The summed E-state index contributed by atoms with van der Waals surface area (Å²) in [4.78, 5) is 8.16. The summed E-state index contributed by atoms with van der Waals surface area (Å²) in [5, 5.41) is 8.94. The highest BCUT2D eigenvalue weighted by Crippen LogP contribution is 2.09. The molecule has 1 aromatic rings. The summed E-state index contributed by atoms with van der Waals surface area (Å²) < 4.78 is 5.39. The first-order chi connectivity index (χ1) is 7.13. The van der Waals surface area contributed by atoms with Crippen LogP contribution in [0.4, 0.5) is 0 Å². The second-order valence-corrected chi connectivity index (χ2v) is 3.95. The standard InChI is InChI=1S/C11H18N2O2/c1-8(2)4-5-15-11-12-6-10(7-14)9(3)13-11/h6,8,14H,4-5,7H2,1-3H3. The van der Waals surface area contributed by atoms with Crippen LogP contribution in [-0.2, 0) is 6.61 Å². The minimum Gasteiger partial charge on any atom is -0.463 e. The van der Waals surface area contributed by atoms with Crippen LogP contribution in [0.3, 0.4) is 0 Å². The minimum absolute atomic E-state index is 0.0297. The first kappa shape index (κ1) is 11.9. The van der Waals surface area contributed by atoms with Crippen molar-refractivity contribution < 1.29 is 9.84 Å². The van der Waals surface area contributed by atoms with Gasteiger partial charge in [0, 0.05) is 11.8 Å². The van der Waals surface area contributed by atoms with Gasteiger partial charge in [0.25, 0.3) is 0 Å². The lowest BCUT2D eigenvalue weighted by Gasteiger charge is -2.07. The van der Waals surface area contributed by atoms with Crippen LogP contribution in [0.1, 0.15) is 31.5 Å². The van der Waals surface area contributed by atoms with Crippen LogP contribution in [0, 0.1) is 12.8 Å². The van der Waals surface area contributed by atoms with E-state index in [1.807, 2.05) is 6.92 Å². The summed E-state index contributed by atoms with van der Waals surface area (Å²) in [7, 11) is 0. The number of ether oxygens (including phenoxy) is 1. The molecule has 0 amide bonds. The Kier molecular flexibility index (Phi) is 4.49. The molecule has 1 rings (SSSR count). The molecule has 0 spiro atoms. The summed E-state index contributed by atoms with van der Waals surface area (Å²) in [6.07, 6.45) is 2.59. The number of hydrogen-bond donors (Lipinski definition) is 1. The predicted molar refractivity (Wildman–Crippen MR) is 57.6 cm³/mol. The van der Waals surface area contributed by atoms with Crippen molar-refractivity contribution in [3.05, 3.63) is 17.5 Å². The van der Waals surface area contributed by atoms with E-state index in [0.717, 1.165) is 17.7 Å². The number of rotatable bonds is 5. The lowest BCUT2D eigenvalue weighted by molar-refractivity contribution is 0.262. The topological polar surface area (TPSA) is 55.2 Å². The number of aliphatic hydroxyl groups is 1. The van der Waals surface area contributed by atoms with Crippen LogP contribution in [0.25, 0.3) is 0 Å². The van der Waals surface area contributed by atoms with Crippen LogP contribution in [0.5, 0.6) is 6.01 Å². The Hall–Kier alpha value is -1.16. The van der Waals surface area contributed by atoms with Crippen molar-refractivity contribution >= 4 is 0 Å². The molecule has 15 heavy (non-hydrogen) atoms. The van der Waals surface area contributed by atoms with Gasteiger partial charge in [0.15, 0.2) is 0 Å². The molecule has 0 aliphatic carbocycles. The van der Waals surface area contributed by atoms with Gasteiger partial charge in [0.1, 0.15) is 0 Å². The highest BCUT2D eigenvalue weighted by molar-refractivity contribution is 5.16. The van der Waals surface area contributed by atoms with Crippen LogP contribution in [0.15, 0.2) is 6.20 Å². The maximum Gasteiger partial charge on any atom is 0.316 e. The first-order valence-corrected chi connectivity index (χ1v) is 5.19. The van der Waals surface area contributed by atoms with E-state index in [0.29, 0.717) is 18.5 Å². The van der Waals surface area contributed by atoms with E-state index >= 15 is 0 Å². The predicted octanol–water partition coefficient (Wildman–Crippen LogP) is 1.70. The van der Waals surface area contributed by atoms with Gasteiger partial charge in [-0.25, -0.2) is 9.97 Å². The van der Waals surface area contributed by atoms with E-state index in [1.54, 1.807) is 6.20 Å². The fourth-order valence-corrected chi connectivity index (χ4v) is 1.08. The molecule has 0 fully saturated rings. The van der Waals surface area contributed by atoms with Crippen molar-refractivity contribution in [2.24, 2.45) is 5.92 Å². The molecule has 84 valence electrons. The van der Waals surface area contributed by atoms with Crippen LogP contribution >= 0.6 is 0 Å². The summed E-state index contributed by atoms with van der Waals surface area (Å²) >= 11 is 0. The van der Waals surface area contributed by atoms with Crippen LogP contribution in [-0.4, -0.2) is 21.7 Å². The Balaban J connectivity index is 2.52. The number of hydrogen-bond acceptors (Lipinski definition) is 4. The van der Waals surface area contributed by atoms with Crippen molar-refractivity contribution in [2.45, 2.75) is 33.8 Å². The average Bonchev–Trinajstić information content (AvgIpc) is 2.17. The molecule has 0 atom stereocenters. The molecule has 0 aromatic carbocycles. The van der Waals surface area contributed by atoms with Crippen LogP contribution in [0.2, 0.25) is 0 Å². The molecular weight excluding hydrogens is 192 g/mol. The van der Waals surface area contributed by atoms with Crippen LogP contribution < -0.4 is 4.74 Å². The van der Waals surface area contributed by atoms with Crippen molar-refractivity contribution in [1.82, 2.24) is 9.97 Å². The Labute approximate surface area is 90.3 Å². The highest BCUT2D eigenvalue weighted by atomic mass is 16.5. The SMILES string of the molecule is Cc1nc(OCCC(C)C)ncc1CO. The van der Waals surface area contributed by atoms with Gasteiger partial charge in [0.05, 0.1) is 18.9 Å². The molecule has 0 aliphatic rings. The van der Waals surface area contributed by atoms with Gasteiger partial charge in [0.2, 0.25) is 0 Å². The maximum absolute atomic E-state index is 8.94. The molecule has 4 heteroatoms. The van der Waals surface area contributed by atoms with Gasteiger partial charge in [-0.15, -0.1) is 0 Å². The van der Waals surface area contributed by atoms with Gasteiger partial charge in [-0.2, -0.15) is 0 Å². The zero-order valence-electron chi connectivity index (χ0n) is 9.53. The van der Waals surface area contributed by atoms with E-state index in [2.05, 4.69) is 23.8 Å². The second kappa shape index (κ2) is 5.66. The van der Waals surface area contributed by atoms with Crippen molar-refractivity contribution in [3.63, 3.8) is 0 Å². The normalized spacial score (nSPS) is 10.7. The Morgan fingerprint density at radius 3 is 2.73 bits per heavy atom. The maximum atomic E-state index is 8.94.